The van der Waals surface area contributed by atoms with Crippen LogP contribution in [0.15, 0.2) is 113 Å². The van der Waals surface area contributed by atoms with Crippen molar-refractivity contribution in [2.45, 2.75) is 55.1 Å². The molecule has 1 saturated heterocycles. The molecule has 2 nitrogen and oxygen atoms in total. The molecule has 2 aliphatic heterocycles. The number of allylic oxidation sites excluding steroid dienone is 4. The van der Waals surface area contributed by atoms with E-state index in [2.05, 4.69) is 128 Å². The molecule has 4 heteroatoms. The summed E-state index contributed by atoms with van der Waals surface area (Å²) in [6, 6.07) is 27.1. The Hall–Kier alpha value is -3.08. The Morgan fingerprint density at radius 1 is 0.975 bits per heavy atom. The number of aryl methyl sites for hydroxylation is 1. The monoisotopic (exact) mass is 562 g/mol. The van der Waals surface area contributed by atoms with Crippen molar-refractivity contribution in [2.24, 2.45) is 0 Å². The first-order chi connectivity index (χ1) is 19.6. The molecular weight excluding hydrogens is 525 g/mol. The molecule has 0 bridgehead atoms. The van der Waals surface area contributed by atoms with Gasteiger partial charge in [-0.05, 0) is 83.4 Å². The number of thioether (sulfide) groups is 2. The summed E-state index contributed by atoms with van der Waals surface area (Å²) in [5.74, 6) is 0. The minimum atomic E-state index is 0.328. The molecular formula is C36H38N2S2. The van der Waals surface area contributed by atoms with Gasteiger partial charge < -0.3 is 10.2 Å². The van der Waals surface area contributed by atoms with Gasteiger partial charge in [-0.2, -0.15) is 0 Å². The predicted octanol–water partition coefficient (Wildman–Crippen LogP) is 9.76. The van der Waals surface area contributed by atoms with Gasteiger partial charge >= 0.3 is 0 Å². The molecule has 2 atom stereocenters. The van der Waals surface area contributed by atoms with Crippen LogP contribution < -0.4 is 5.32 Å². The summed E-state index contributed by atoms with van der Waals surface area (Å²) in [5.41, 5.74) is 10.7. The lowest BCUT2D eigenvalue weighted by atomic mass is 9.95. The third-order valence-electron chi connectivity index (χ3n) is 7.96. The van der Waals surface area contributed by atoms with Gasteiger partial charge in [0.15, 0.2) is 0 Å². The van der Waals surface area contributed by atoms with E-state index in [-0.39, 0.29) is 0 Å². The number of fused-ring (bicyclic) bond motifs is 1. The summed E-state index contributed by atoms with van der Waals surface area (Å²) in [6.45, 7) is 5.43. The van der Waals surface area contributed by atoms with Crippen molar-refractivity contribution in [3.8, 4) is 0 Å². The van der Waals surface area contributed by atoms with Crippen LogP contribution in [0.25, 0.3) is 11.1 Å². The first kappa shape index (κ1) is 27.1. The lowest BCUT2D eigenvalue weighted by Crippen LogP contribution is -2.16. The smallest absolute Gasteiger partial charge is 0.105 e. The molecule has 40 heavy (non-hydrogen) atoms. The van der Waals surface area contributed by atoms with Gasteiger partial charge in [0.2, 0.25) is 0 Å². The van der Waals surface area contributed by atoms with E-state index >= 15 is 0 Å². The molecule has 6 rings (SSSR count). The van der Waals surface area contributed by atoms with Gasteiger partial charge in [0, 0.05) is 40.5 Å². The number of dihydropyridines is 1. The van der Waals surface area contributed by atoms with Gasteiger partial charge in [-0.1, -0.05) is 97.9 Å². The maximum absolute atomic E-state index is 3.56. The minimum absolute atomic E-state index is 0.328. The fourth-order valence-corrected chi connectivity index (χ4v) is 8.30. The minimum Gasteiger partial charge on any atom is -0.386 e. The van der Waals surface area contributed by atoms with Crippen molar-refractivity contribution < 1.29 is 0 Å². The highest BCUT2D eigenvalue weighted by molar-refractivity contribution is 8.03. The van der Waals surface area contributed by atoms with Crippen LogP contribution in [0.3, 0.4) is 0 Å². The molecule has 0 amide bonds. The van der Waals surface area contributed by atoms with E-state index in [9.17, 15) is 0 Å². The number of hydrogen-bond acceptors (Lipinski definition) is 4. The van der Waals surface area contributed by atoms with Crippen molar-refractivity contribution >= 4 is 34.7 Å². The highest BCUT2D eigenvalue weighted by Crippen LogP contribution is 2.51. The van der Waals surface area contributed by atoms with Gasteiger partial charge in [-0.25, -0.2) is 0 Å². The standard InChI is InChI=1S/C36H38N2S2/c1-4-11-26-12-5-7-18-34(26)39-25(2)27-13-9-14-28(20-27)31-22-32(24-37-23-31)29-15-10-16-30(21-29)36-38(3)33-17-6-8-19-35(33)40-36/h5,7,9-10,12-22,24-25,36-37H,4,6,8,11,23H2,1-3H3. The second-order valence-electron chi connectivity index (χ2n) is 10.8. The zero-order valence-electron chi connectivity index (χ0n) is 23.7. The first-order valence-electron chi connectivity index (χ1n) is 14.5. The van der Waals surface area contributed by atoms with Crippen LogP contribution >= 0.6 is 23.5 Å². The summed E-state index contributed by atoms with van der Waals surface area (Å²) in [6.07, 6.45) is 14.0. The number of hydrogen-bond donors (Lipinski definition) is 1. The van der Waals surface area contributed by atoms with Crippen LogP contribution in [0.5, 0.6) is 0 Å². The Morgan fingerprint density at radius 2 is 1.80 bits per heavy atom. The number of likely N-dealkylation sites (N-methyl/N-ethyl adjacent to an activating group) is 1. The van der Waals surface area contributed by atoms with Gasteiger partial charge in [0.25, 0.3) is 0 Å². The largest absolute Gasteiger partial charge is 0.386 e. The Morgan fingerprint density at radius 3 is 2.67 bits per heavy atom. The van der Waals surface area contributed by atoms with Gasteiger partial charge in [-0.3, -0.25) is 0 Å². The van der Waals surface area contributed by atoms with E-state index in [0.29, 0.717) is 10.6 Å². The van der Waals surface area contributed by atoms with Crippen LogP contribution in [-0.4, -0.2) is 18.5 Å². The molecule has 0 saturated carbocycles. The van der Waals surface area contributed by atoms with Crippen LogP contribution in [0.2, 0.25) is 0 Å². The Bertz CT molecular complexity index is 1510. The molecule has 0 radical (unpaired) electrons. The normalized spacial score (nSPS) is 19.2. The first-order valence-corrected chi connectivity index (χ1v) is 16.3. The predicted molar refractivity (Wildman–Crippen MR) is 175 cm³/mol. The highest BCUT2D eigenvalue weighted by atomic mass is 32.2. The Balaban J connectivity index is 1.22. The van der Waals surface area contributed by atoms with E-state index in [1.807, 2.05) is 23.5 Å². The van der Waals surface area contributed by atoms with Crippen molar-refractivity contribution in [1.29, 1.82) is 0 Å². The molecule has 3 aliphatic rings. The number of rotatable bonds is 8. The van der Waals surface area contributed by atoms with E-state index in [1.165, 1.54) is 60.9 Å². The van der Waals surface area contributed by atoms with Crippen LogP contribution in [0.1, 0.15) is 71.6 Å². The lowest BCUT2D eigenvalue weighted by molar-refractivity contribution is 0.422. The van der Waals surface area contributed by atoms with E-state index in [4.69, 9.17) is 0 Å². The quantitative estimate of drug-likeness (QED) is 0.275. The second-order valence-corrected chi connectivity index (χ2v) is 13.3. The number of nitrogens with one attached hydrogen (secondary N) is 1. The maximum atomic E-state index is 3.56. The number of nitrogens with zero attached hydrogens (tertiary/aromatic N) is 1. The third kappa shape index (κ3) is 5.70. The van der Waals surface area contributed by atoms with Gasteiger partial charge in [0.1, 0.15) is 5.37 Å². The molecule has 1 N–H and O–H groups in total. The van der Waals surface area contributed by atoms with Crippen LogP contribution in [-0.2, 0) is 6.42 Å². The zero-order chi connectivity index (χ0) is 27.5. The molecule has 3 aromatic rings. The summed E-state index contributed by atoms with van der Waals surface area (Å²) in [5, 5.41) is 4.27. The highest BCUT2D eigenvalue weighted by Gasteiger charge is 2.32. The lowest BCUT2D eigenvalue weighted by Gasteiger charge is -2.23. The average Bonchev–Trinajstić information content (AvgIpc) is 3.35. The molecule has 0 spiro atoms. The maximum Gasteiger partial charge on any atom is 0.105 e. The van der Waals surface area contributed by atoms with Crippen molar-refractivity contribution in [3.63, 3.8) is 0 Å². The SMILES string of the molecule is CCCc1ccccc1SC(C)c1cccc(C2=CC(c3cccc(C4SC5=CCCC=C5N4C)c3)=CNC2)c1. The molecule has 1 aliphatic carbocycles. The van der Waals surface area contributed by atoms with Crippen LogP contribution in [0.4, 0.5) is 0 Å². The van der Waals surface area contributed by atoms with Crippen molar-refractivity contribution in [3.05, 3.63) is 136 Å². The Labute approximate surface area is 248 Å². The molecule has 0 aromatic heterocycles. The van der Waals surface area contributed by atoms with Gasteiger partial charge in [-0.15, -0.1) is 11.8 Å². The fourth-order valence-electron chi connectivity index (χ4n) is 5.80. The average molecular weight is 563 g/mol. The molecule has 1 fully saturated rings. The fraction of sp³-hybridized carbons (Fsp3) is 0.278. The summed E-state index contributed by atoms with van der Waals surface area (Å²) in [7, 11) is 2.23. The number of benzene rings is 3. The van der Waals surface area contributed by atoms with Crippen molar-refractivity contribution in [2.75, 3.05) is 13.6 Å². The zero-order valence-corrected chi connectivity index (χ0v) is 25.3. The molecule has 2 heterocycles. The van der Waals surface area contributed by atoms with E-state index in [0.717, 1.165) is 25.8 Å². The summed E-state index contributed by atoms with van der Waals surface area (Å²) < 4.78 is 0. The van der Waals surface area contributed by atoms with E-state index < -0.39 is 0 Å². The van der Waals surface area contributed by atoms with Crippen molar-refractivity contribution in [1.82, 2.24) is 10.2 Å². The molecule has 204 valence electrons. The Kier molecular flexibility index (Phi) is 8.27. The summed E-state index contributed by atoms with van der Waals surface area (Å²) >= 11 is 3.96. The topological polar surface area (TPSA) is 15.3 Å². The third-order valence-corrected chi connectivity index (χ3v) is 10.7. The second kappa shape index (κ2) is 12.2. The molecule has 3 aromatic carbocycles. The van der Waals surface area contributed by atoms with Gasteiger partial charge in [0.05, 0.1) is 0 Å². The summed E-state index contributed by atoms with van der Waals surface area (Å²) in [4.78, 5) is 5.28. The van der Waals surface area contributed by atoms with E-state index in [1.54, 1.807) is 0 Å². The molecule has 2 unspecified atom stereocenters. The van der Waals surface area contributed by atoms with Crippen LogP contribution in [0, 0.1) is 0 Å².